The highest BCUT2D eigenvalue weighted by Gasteiger charge is 2.34. The molecule has 24 heavy (non-hydrogen) atoms. The summed E-state index contributed by atoms with van der Waals surface area (Å²) in [6.45, 7) is 1.84. The molecule has 0 atom stereocenters. The fourth-order valence-electron chi connectivity index (χ4n) is 1.92. The Hall–Kier alpha value is -2.92. The molecule has 0 radical (unpaired) electrons. The largest absolute Gasteiger partial charge is 0.435 e. The number of carbonyl (C=O) groups is 1. The number of carbonyl (C=O) groups excluding carboxylic acids is 1. The molecule has 2 N–H and O–H groups in total. The Morgan fingerprint density at radius 3 is 2.71 bits per heavy atom. The van der Waals surface area contributed by atoms with Crippen LogP contribution in [0.15, 0.2) is 12.1 Å². The average molecular weight is 346 g/mol. The second-order valence-corrected chi connectivity index (χ2v) is 4.90. The van der Waals surface area contributed by atoms with Gasteiger partial charge in [-0.1, -0.05) is 5.10 Å². The molecule has 0 saturated carbocycles. The van der Waals surface area contributed by atoms with E-state index in [2.05, 4.69) is 20.6 Å². The van der Waals surface area contributed by atoms with Crippen molar-refractivity contribution >= 4 is 11.7 Å². The van der Waals surface area contributed by atoms with Crippen LogP contribution in [0.5, 0.6) is 0 Å². The Kier molecular flexibility index (Phi) is 4.85. The number of alkyl halides is 3. The first kappa shape index (κ1) is 17.4. The molecule has 1 amide bonds. The summed E-state index contributed by atoms with van der Waals surface area (Å²) in [5.74, 6) is -1.03. The Morgan fingerprint density at radius 1 is 1.46 bits per heavy atom. The van der Waals surface area contributed by atoms with Crippen LogP contribution in [0, 0.1) is 17.0 Å². The van der Waals surface area contributed by atoms with E-state index in [-0.39, 0.29) is 18.8 Å². The third-order valence-corrected chi connectivity index (χ3v) is 3.10. The summed E-state index contributed by atoms with van der Waals surface area (Å²) in [6, 6.07) is 1.93. The lowest BCUT2D eigenvalue weighted by Gasteiger charge is -2.05. The maximum atomic E-state index is 12.5. The van der Waals surface area contributed by atoms with Crippen LogP contribution in [0.3, 0.4) is 0 Å². The Morgan fingerprint density at radius 2 is 2.17 bits per heavy atom. The normalized spacial score (nSPS) is 11.5. The molecule has 0 fully saturated rings. The quantitative estimate of drug-likeness (QED) is 0.468. The van der Waals surface area contributed by atoms with Crippen LogP contribution in [0.4, 0.5) is 19.0 Å². The first-order valence-electron chi connectivity index (χ1n) is 6.78. The predicted octanol–water partition coefficient (Wildman–Crippen LogP) is 1.66. The molecule has 2 aromatic heterocycles. The SMILES string of the molecule is Cc1cc(C(F)(F)F)nn1CCCNC(=O)c1cc([N+](=O)[O-])[nH]n1. The summed E-state index contributed by atoms with van der Waals surface area (Å²) in [7, 11) is 0. The second kappa shape index (κ2) is 6.68. The molecule has 0 aliphatic carbocycles. The first-order valence-corrected chi connectivity index (χ1v) is 6.78. The van der Waals surface area contributed by atoms with E-state index >= 15 is 0 Å². The van der Waals surface area contributed by atoms with Crippen molar-refractivity contribution < 1.29 is 22.9 Å². The van der Waals surface area contributed by atoms with Gasteiger partial charge in [0.15, 0.2) is 11.4 Å². The van der Waals surface area contributed by atoms with Crippen LogP contribution in [-0.4, -0.2) is 37.4 Å². The Bertz CT molecular complexity index is 752. The number of hydrogen-bond donors (Lipinski definition) is 2. The molecule has 12 heteroatoms. The van der Waals surface area contributed by atoms with Gasteiger partial charge >= 0.3 is 12.0 Å². The van der Waals surface area contributed by atoms with Crippen LogP contribution in [0.2, 0.25) is 0 Å². The topological polar surface area (TPSA) is 119 Å². The smallest absolute Gasteiger partial charge is 0.358 e. The summed E-state index contributed by atoms with van der Waals surface area (Å²) >= 11 is 0. The molecule has 0 bridgehead atoms. The van der Waals surface area contributed by atoms with Crippen molar-refractivity contribution in [1.82, 2.24) is 25.3 Å². The van der Waals surface area contributed by atoms with Crippen molar-refractivity contribution in [1.29, 1.82) is 0 Å². The molecule has 9 nitrogen and oxygen atoms in total. The third kappa shape index (κ3) is 4.08. The number of nitrogens with one attached hydrogen (secondary N) is 2. The van der Waals surface area contributed by atoms with E-state index in [1.807, 2.05) is 0 Å². The second-order valence-electron chi connectivity index (χ2n) is 4.90. The highest BCUT2D eigenvalue weighted by molar-refractivity contribution is 5.92. The summed E-state index contributed by atoms with van der Waals surface area (Å²) in [5.41, 5.74) is -0.749. The van der Waals surface area contributed by atoms with Gasteiger partial charge in [-0.2, -0.15) is 18.3 Å². The van der Waals surface area contributed by atoms with Crippen molar-refractivity contribution in [3.8, 4) is 0 Å². The van der Waals surface area contributed by atoms with Crippen molar-refractivity contribution in [3.63, 3.8) is 0 Å². The van der Waals surface area contributed by atoms with Gasteiger partial charge in [0.25, 0.3) is 5.91 Å². The number of halogens is 3. The molecular formula is C12H13F3N6O3. The lowest BCUT2D eigenvalue weighted by molar-refractivity contribution is -0.389. The van der Waals surface area contributed by atoms with Crippen LogP contribution in [0.1, 0.15) is 28.3 Å². The Labute approximate surface area is 133 Å². The number of hydrogen-bond acceptors (Lipinski definition) is 5. The molecule has 130 valence electrons. The molecule has 0 spiro atoms. The van der Waals surface area contributed by atoms with Gasteiger partial charge in [-0.3, -0.25) is 9.48 Å². The molecular weight excluding hydrogens is 333 g/mol. The number of aromatic nitrogens is 4. The third-order valence-electron chi connectivity index (χ3n) is 3.10. The molecule has 0 aromatic carbocycles. The van der Waals surface area contributed by atoms with Gasteiger partial charge in [0.1, 0.15) is 0 Å². The minimum absolute atomic E-state index is 0.142. The lowest BCUT2D eigenvalue weighted by Crippen LogP contribution is -2.25. The van der Waals surface area contributed by atoms with Gasteiger partial charge < -0.3 is 15.4 Å². The summed E-state index contributed by atoms with van der Waals surface area (Å²) in [5, 5.41) is 22.0. The van der Waals surface area contributed by atoms with Crippen LogP contribution < -0.4 is 5.32 Å². The van der Waals surface area contributed by atoms with Crippen molar-refractivity contribution in [2.24, 2.45) is 0 Å². The predicted molar refractivity (Wildman–Crippen MR) is 74.2 cm³/mol. The lowest BCUT2D eigenvalue weighted by atomic mass is 10.3. The van der Waals surface area contributed by atoms with Crippen LogP contribution in [-0.2, 0) is 12.7 Å². The molecule has 0 unspecified atom stereocenters. The van der Waals surface area contributed by atoms with Crippen LogP contribution >= 0.6 is 0 Å². The van der Waals surface area contributed by atoms with Gasteiger partial charge in [-0.25, -0.2) is 0 Å². The standard InChI is InChI=1S/C12H13F3N6O3/c1-7-5-9(12(13,14)15)19-20(7)4-2-3-16-11(22)8-6-10(18-17-8)21(23)24/h5-6H,2-4H2,1H3,(H,16,22)(H,17,18). The zero-order valence-corrected chi connectivity index (χ0v) is 12.4. The number of aromatic amines is 1. The van der Waals surface area contributed by atoms with Crippen molar-refractivity contribution in [3.05, 3.63) is 39.3 Å². The summed E-state index contributed by atoms with van der Waals surface area (Å²) in [6.07, 6.45) is -4.17. The van der Waals surface area contributed by atoms with Crippen molar-refractivity contribution in [2.45, 2.75) is 26.1 Å². The number of nitro groups is 1. The summed E-state index contributed by atoms with van der Waals surface area (Å²) < 4.78 is 38.8. The summed E-state index contributed by atoms with van der Waals surface area (Å²) in [4.78, 5) is 21.5. The zero-order valence-electron chi connectivity index (χ0n) is 12.4. The van der Waals surface area contributed by atoms with E-state index in [0.29, 0.717) is 12.1 Å². The molecule has 2 rings (SSSR count). The number of amides is 1. The van der Waals surface area contributed by atoms with E-state index in [1.165, 1.54) is 11.6 Å². The fourth-order valence-corrected chi connectivity index (χ4v) is 1.92. The number of nitrogens with zero attached hydrogens (tertiary/aromatic N) is 4. The molecule has 2 aromatic rings. The first-order chi connectivity index (χ1) is 11.2. The highest BCUT2D eigenvalue weighted by Crippen LogP contribution is 2.28. The average Bonchev–Trinajstić information content (AvgIpc) is 3.10. The van der Waals surface area contributed by atoms with Crippen molar-refractivity contribution in [2.75, 3.05) is 6.54 Å². The highest BCUT2D eigenvalue weighted by atomic mass is 19.4. The fraction of sp³-hybridized carbons (Fsp3) is 0.417. The van der Waals surface area contributed by atoms with Gasteiger partial charge in [0.05, 0.1) is 6.07 Å². The Balaban J connectivity index is 1.83. The maximum absolute atomic E-state index is 12.5. The minimum atomic E-state index is -4.50. The van der Waals surface area contributed by atoms with E-state index in [0.717, 1.165) is 12.1 Å². The van der Waals surface area contributed by atoms with Gasteiger partial charge in [0.2, 0.25) is 0 Å². The van der Waals surface area contributed by atoms with Gasteiger partial charge in [-0.05, 0) is 24.3 Å². The van der Waals surface area contributed by atoms with Gasteiger partial charge in [-0.15, -0.1) is 5.10 Å². The number of aryl methyl sites for hydroxylation is 2. The number of H-pyrrole nitrogens is 1. The van der Waals surface area contributed by atoms with E-state index in [4.69, 9.17) is 0 Å². The minimum Gasteiger partial charge on any atom is -0.358 e. The number of rotatable bonds is 6. The maximum Gasteiger partial charge on any atom is 0.435 e. The van der Waals surface area contributed by atoms with E-state index < -0.39 is 28.5 Å². The molecule has 0 aliphatic rings. The van der Waals surface area contributed by atoms with E-state index in [9.17, 15) is 28.1 Å². The zero-order chi connectivity index (χ0) is 17.9. The molecule has 2 heterocycles. The molecule has 0 saturated heterocycles. The van der Waals surface area contributed by atoms with Gasteiger partial charge in [0, 0.05) is 18.8 Å². The monoisotopic (exact) mass is 346 g/mol. The van der Waals surface area contributed by atoms with E-state index in [1.54, 1.807) is 0 Å². The van der Waals surface area contributed by atoms with Crippen LogP contribution in [0.25, 0.3) is 0 Å². The molecule has 0 aliphatic heterocycles.